The Labute approximate surface area is 116 Å². The van der Waals surface area contributed by atoms with E-state index in [0.29, 0.717) is 5.92 Å². The Morgan fingerprint density at radius 2 is 2.33 bits per heavy atom. The molecule has 0 saturated carbocycles. The molecule has 1 atom stereocenters. The summed E-state index contributed by atoms with van der Waals surface area (Å²) in [4.78, 5) is 0. The zero-order valence-electron chi connectivity index (χ0n) is 10.7. The van der Waals surface area contributed by atoms with E-state index in [1.807, 2.05) is 10.9 Å². The van der Waals surface area contributed by atoms with Crippen LogP contribution in [0.2, 0.25) is 0 Å². The third kappa shape index (κ3) is 2.93. The Bertz CT molecular complexity index is 376. The number of aryl methyl sites for hydroxylation is 1. The van der Waals surface area contributed by atoms with E-state index in [1.54, 1.807) is 0 Å². The van der Waals surface area contributed by atoms with Gasteiger partial charge in [-0.15, -0.1) is 0 Å². The average Bonchev–Trinajstić information content (AvgIpc) is 2.75. The number of nitrogens with zero attached hydrogens (tertiary/aromatic N) is 2. The molecule has 18 heavy (non-hydrogen) atoms. The van der Waals surface area contributed by atoms with E-state index in [1.165, 1.54) is 0 Å². The highest BCUT2D eigenvalue weighted by atomic mass is 79.9. The van der Waals surface area contributed by atoms with Crippen LogP contribution in [0, 0.1) is 5.92 Å². The van der Waals surface area contributed by atoms with Crippen molar-refractivity contribution in [3.8, 4) is 0 Å². The van der Waals surface area contributed by atoms with Crippen molar-refractivity contribution in [2.45, 2.75) is 38.8 Å². The van der Waals surface area contributed by atoms with Crippen LogP contribution in [0.5, 0.6) is 0 Å². The summed E-state index contributed by atoms with van der Waals surface area (Å²) >= 11 is 3.59. The first kappa shape index (κ1) is 14.0. The number of halogens is 1. The van der Waals surface area contributed by atoms with Crippen LogP contribution in [0.25, 0.3) is 0 Å². The van der Waals surface area contributed by atoms with E-state index in [4.69, 9.17) is 10.6 Å². The Balaban J connectivity index is 2.22. The van der Waals surface area contributed by atoms with Gasteiger partial charge >= 0.3 is 0 Å². The largest absolute Gasteiger partial charge is 0.381 e. The second kappa shape index (κ2) is 6.65. The van der Waals surface area contributed by atoms with Crippen LogP contribution < -0.4 is 11.3 Å². The first-order valence-electron chi connectivity index (χ1n) is 6.53. The summed E-state index contributed by atoms with van der Waals surface area (Å²) in [7, 11) is 0. The third-order valence-electron chi connectivity index (χ3n) is 3.48. The molecule has 0 aliphatic carbocycles. The van der Waals surface area contributed by atoms with Crippen LogP contribution in [0.4, 0.5) is 0 Å². The number of hydrogen-bond acceptors (Lipinski definition) is 4. The lowest BCUT2D eigenvalue weighted by Gasteiger charge is -2.30. The number of hydrogen-bond donors (Lipinski definition) is 2. The lowest BCUT2D eigenvalue weighted by Crippen LogP contribution is -2.37. The third-order valence-corrected chi connectivity index (χ3v) is 4.09. The van der Waals surface area contributed by atoms with E-state index < -0.39 is 0 Å². The monoisotopic (exact) mass is 316 g/mol. The van der Waals surface area contributed by atoms with Crippen molar-refractivity contribution in [1.82, 2.24) is 15.2 Å². The van der Waals surface area contributed by atoms with Crippen LogP contribution in [0.3, 0.4) is 0 Å². The van der Waals surface area contributed by atoms with E-state index >= 15 is 0 Å². The molecule has 0 amide bonds. The minimum absolute atomic E-state index is 0.136. The lowest BCUT2D eigenvalue weighted by molar-refractivity contribution is 0.0523. The van der Waals surface area contributed by atoms with Gasteiger partial charge in [0.05, 0.1) is 22.4 Å². The van der Waals surface area contributed by atoms with Crippen LogP contribution in [-0.4, -0.2) is 23.0 Å². The lowest BCUT2D eigenvalue weighted by atomic mass is 9.90. The molecule has 1 aromatic heterocycles. The number of ether oxygens (including phenoxy) is 1. The summed E-state index contributed by atoms with van der Waals surface area (Å²) < 4.78 is 8.50. The molecule has 0 bridgehead atoms. The average molecular weight is 317 g/mol. The highest BCUT2D eigenvalue weighted by Crippen LogP contribution is 2.33. The molecule has 1 unspecified atom stereocenters. The molecule has 102 valence electrons. The van der Waals surface area contributed by atoms with Gasteiger partial charge in [0.1, 0.15) is 0 Å². The number of rotatable bonds is 5. The first-order valence-corrected chi connectivity index (χ1v) is 7.32. The van der Waals surface area contributed by atoms with E-state index in [0.717, 1.165) is 49.2 Å². The number of nitrogens with two attached hydrogens (primary N) is 1. The fourth-order valence-corrected chi connectivity index (χ4v) is 3.10. The van der Waals surface area contributed by atoms with E-state index in [2.05, 4.69) is 33.4 Å². The SMILES string of the molecule is CCCn1ncc(Br)c1C(NN)C1CCOCC1. The predicted octanol–water partition coefficient (Wildman–Crippen LogP) is 1.99. The van der Waals surface area contributed by atoms with E-state index in [-0.39, 0.29) is 6.04 Å². The fraction of sp³-hybridized carbons (Fsp3) is 0.750. The standard InChI is InChI=1S/C12H21BrN4O/c1-2-5-17-12(10(13)8-15-17)11(16-14)9-3-6-18-7-4-9/h8-9,11,16H,2-7,14H2,1H3. The van der Waals surface area contributed by atoms with Gasteiger partial charge in [-0.05, 0) is 41.1 Å². The summed E-state index contributed by atoms with van der Waals surface area (Å²) in [5.74, 6) is 6.28. The van der Waals surface area contributed by atoms with Gasteiger partial charge in [0.15, 0.2) is 0 Å². The molecular weight excluding hydrogens is 296 g/mol. The zero-order chi connectivity index (χ0) is 13.0. The van der Waals surface area contributed by atoms with Crippen molar-refractivity contribution in [2.75, 3.05) is 13.2 Å². The van der Waals surface area contributed by atoms with Crippen molar-refractivity contribution in [3.63, 3.8) is 0 Å². The molecule has 2 heterocycles. The van der Waals surface area contributed by atoms with Gasteiger partial charge in [-0.2, -0.15) is 5.10 Å². The molecule has 6 heteroatoms. The molecule has 5 nitrogen and oxygen atoms in total. The molecule has 1 aliphatic rings. The smallest absolute Gasteiger partial charge is 0.0712 e. The van der Waals surface area contributed by atoms with Gasteiger partial charge in [0, 0.05) is 19.8 Å². The molecule has 1 aliphatic heterocycles. The van der Waals surface area contributed by atoms with Gasteiger partial charge in [-0.1, -0.05) is 6.92 Å². The Morgan fingerprint density at radius 3 is 2.94 bits per heavy atom. The quantitative estimate of drug-likeness (QED) is 0.644. The van der Waals surface area contributed by atoms with Gasteiger partial charge in [-0.3, -0.25) is 16.0 Å². The zero-order valence-corrected chi connectivity index (χ0v) is 12.3. The van der Waals surface area contributed by atoms with Gasteiger partial charge < -0.3 is 4.74 Å². The Morgan fingerprint density at radius 1 is 1.61 bits per heavy atom. The van der Waals surface area contributed by atoms with Crippen molar-refractivity contribution in [2.24, 2.45) is 11.8 Å². The molecule has 0 radical (unpaired) electrons. The van der Waals surface area contributed by atoms with Crippen molar-refractivity contribution >= 4 is 15.9 Å². The second-order valence-corrected chi connectivity index (χ2v) is 5.55. The maximum atomic E-state index is 5.78. The van der Waals surface area contributed by atoms with Gasteiger partial charge in [0.25, 0.3) is 0 Å². The van der Waals surface area contributed by atoms with Crippen LogP contribution in [0.15, 0.2) is 10.7 Å². The highest BCUT2D eigenvalue weighted by molar-refractivity contribution is 9.10. The fourth-order valence-electron chi connectivity index (χ4n) is 2.56. The maximum Gasteiger partial charge on any atom is 0.0712 e. The number of nitrogens with one attached hydrogen (secondary N) is 1. The first-order chi connectivity index (χ1) is 8.77. The summed E-state index contributed by atoms with van der Waals surface area (Å²) in [6.45, 7) is 4.71. The van der Waals surface area contributed by atoms with Gasteiger partial charge in [0.2, 0.25) is 0 Å². The molecule has 2 rings (SSSR count). The highest BCUT2D eigenvalue weighted by Gasteiger charge is 2.28. The molecular formula is C12H21BrN4O. The van der Waals surface area contributed by atoms with Crippen molar-refractivity contribution in [1.29, 1.82) is 0 Å². The Kier molecular flexibility index (Phi) is 5.17. The summed E-state index contributed by atoms with van der Waals surface area (Å²) in [5.41, 5.74) is 4.13. The number of hydrazine groups is 1. The van der Waals surface area contributed by atoms with Crippen molar-refractivity contribution < 1.29 is 4.74 Å². The van der Waals surface area contributed by atoms with Crippen molar-refractivity contribution in [3.05, 3.63) is 16.4 Å². The molecule has 0 spiro atoms. The topological polar surface area (TPSA) is 65.1 Å². The molecule has 0 aromatic carbocycles. The molecule has 1 fully saturated rings. The van der Waals surface area contributed by atoms with Gasteiger partial charge in [-0.25, -0.2) is 0 Å². The summed E-state index contributed by atoms with van der Waals surface area (Å²) in [5, 5.41) is 4.41. The predicted molar refractivity (Wildman–Crippen MR) is 73.8 cm³/mol. The summed E-state index contributed by atoms with van der Waals surface area (Å²) in [6, 6.07) is 0.136. The van der Waals surface area contributed by atoms with Crippen LogP contribution in [-0.2, 0) is 11.3 Å². The molecule has 1 saturated heterocycles. The van der Waals surface area contributed by atoms with E-state index in [9.17, 15) is 0 Å². The minimum Gasteiger partial charge on any atom is -0.381 e. The summed E-state index contributed by atoms with van der Waals surface area (Å²) in [6.07, 6.45) is 5.00. The maximum absolute atomic E-state index is 5.78. The van der Waals surface area contributed by atoms with Crippen LogP contribution >= 0.6 is 15.9 Å². The van der Waals surface area contributed by atoms with Crippen LogP contribution in [0.1, 0.15) is 37.9 Å². The second-order valence-electron chi connectivity index (χ2n) is 4.70. The minimum atomic E-state index is 0.136. The molecule has 1 aromatic rings. The number of aromatic nitrogens is 2. The molecule has 3 N–H and O–H groups in total. The normalized spacial score (nSPS) is 19.1. The Hall–Kier alpha value is -0.430.